The minimum Gasteiger partial charge on any atom is -0.309 e. The van der Waals surface area contributed by atoms with Crippen LogP contribution in [0.1, 0.15) is 47.0 Å². The maximum Gasteiger partial charge on any atom is 0.110 e. The van der Waals surface area contributed by atoms with Crippen LogP contribution in [0.25, 0.3) is 0 Å². The summed E-state index contributed by atoms with van der Waals surface area (Å²) < 4.78 is 12.9. The fourth-order valence-corrected chi connectivity index (χ4v) is 3.57. The van der Waals surface area contributed by atoms with E-state index >= 15 is 0 Å². The summed E-state index contributed by atoms with van der Waals surface area (Å²) in [6.07, 6.45) is 3.07. The first-order valence-corrected chi connectivity index (χ1v) is 6.55. The number of alkyl halides is 1. The van der Waals surface area contributed by atoms with Crippen molar-refractivity contribution in [3.8, 4) is 0 Å². The molecule has 2 heterocycles. The van der Waals surface area contributed by atoms with Crippen molar-refractivity contribution in [2.45, 2.75) is 76.8 Å². The third-order valence-electron chi connectivity index (χ3n) is 3.97. The highest BCUT2D eigenvalue weighted by Crippen LogP contribution is 2.42. The summed E-state index contributed by atoms with van der Waals surface area (Å²) in [7, 11) is 0. The highest BCUT2D eigenvalue weighted by atomic mass is 19.1. The molecule has 0 aliphatic carbocycles. The highest BCUT2D eigenvalue weighted by Gasteiger charge is 2.49. The van der Waals surface area contributed by atoms with Crippen LogP contribution >= 0.6 is 0 Å². The first-order valence-electron chi connectivity index (χ1n) is 6.55. The van der Waals surface area contributed by atoms with E-state index in [0.717, 1.165) is 6.04 Å². The van der Waals surface area contributed by atoms with Crippen LogP contribution in [0.5, 0.6) is 0 Å². The van der Waals surface area contributed by atoms with Crippen LogP contribution in [-0.4, -0.2) is 41.3 Å². The van der Waals surface area contributed by atoms with Crippen molar-refractivity contribution in [1.29, 1.82) is 0 Å². The van der Waals surface area contributed by atoms with Crippen molar-refractivity contribution >= 4 is 0 Å². The van der Waals surface area contributed by atoms with Gasteiger partial charge < -0.3 is 5.32 Å². The van der Waals surface area contributed by atoms with E-state index in [1.54, 1.807) is 6.92 Å². The van der Waals surface area contributed by atoms with Gasteiger partial charge in [-0.05, 0) is 47.0 Å². The zero-order chi connectivity index (χ0) is 11.9. The molecular formula is C13H25FN2. The molecule has 0 saturated carbocycles. The Hall–Kier alpha value is -0.150. The van der Waals surface area contributed by atoms with Crippen molar-refractivity contribution < 1.29 is 4.39 Å². The molecule has 0 radical (unpaired) electrons. The topological polar surface area (TPSA) is 15.3 Å². The number of halogens is 1. The van der Waals surface area contributed by atoms with Crippen LogP contribution in [0.2, 0.25) is 0 Å². The first kappa shape index (κ1) is 12.3. The molecule has 2 fully saturated rings. The van der Waals surface area contributed by atoms with Gasteiger partial charge in [-0.3, -0.25) is 4.90 Å². The Kier molecular flexibility index (Phi) is 3.28. The molecule has 2 unspecified atom stereocenters. The fourth-order valence-electron chi connectivity index (χ4n) is 3.57. The second-order valence-corrected chi connectivity index (χ2v) is 6.41. The van der Waals surface area contributed by atoms with Crippen molar-refractivity contribution in [1.82, 2.24) is 10.2 Å². The normalized spacial score (nSPS) is 36.9. The van der Waals surface area contributed by atoms with Gasteiger partial charge in [-0.25, -0.2) is 4.39 Å². The molecule has 2 aliphatic heterocycles. The molecule has 4 atom stereocenters. The Balaban J connectivity index is 1.97. The van der Waals surface area contributed by atoms with Crippen LogP contribution in [0.4, 0.5) is 4.39 Å². The Morgan fingerprint density at radius 3 is 2.56 bits per heavy atom. The van der Waals surface area contributed by atoms with Gasteiger partial charge in [-0.2, -0.15) is 0 Å². The lowest BCUT2D eigenvalue weighted by Gasteiger charge is -2.37. The molecule has 0 spiro atoms. The van der Waals surface area contributed by atoms with Gasteiger partial charge in [-0.1, -0.05) is 0 Å². The maximum absolute atomic E-state index is 12.9. The van der Waals surface area contributed by atoms with Gasteiger partial charge in [0.2, 0.25) is 0 Å². The fraction of sp³-hybridized carbons (Fsp3) is 1.00. The predicted octanol–water partition coefficient (Wildman–Crippen LogP) is 2.34. The smallest absolute Gasteiger partial charge is 0.110 e. The minimum atomic E-state index is -0.734. The summed E-state index contributed by atoms with van der Waals surface area (Å²) in [6, 6.07) is 1.86. The van der Waals surface area contributed by atoms with E-state index in [2.05, 4.69) is 31.0 Å². The zero-order valence-electron chi connectivity index (χ0n) is 11.0. The van der Waals surface area contributed by atoms with E-state index in [1.165, 1.54) is 19.3 Å². The SMILES string of the molecule is CC(F)CNC1C[C@H]2CC[C@@H]1N2C(C)(C)C. The lowest BCUT2D eigenvalue weighted by Crippen LogP contribution is -2.49. The molecule has 2 rings (SSSR count). The lowest BCUT2D eigenvalue weighted by molar-refractivity contribution is 0.111. The zero-order valence-corrected chi connectivity index (χ0v) is 11.0. The second-order valence-electron chi connectivity index (χ2n) is 6.41. The number of fused-ring (bicyclic) bond motifs is 2. The number of nitrogens with zero attached hydrogens (tertiary/aromatic N) is 1. The van der Waals surface area contributed by atoms with Crippen LogP contribution in [0, 0.1) is 0 Å². The van der Waals surface area contributed by atoms with E-state index in [0.29, 0.717) is 18.6 Å². The summed E-state index contributed by atoms with van der Waals surface area (Å²) in [6.45, 7) is 9.00. The van der Waals surface area contributed by atoms with Gasteiger partial charge in [0.15, 0.2) is 0 Å². The molecule has 2 nitrogen and oxygen atoms in total. The van der Waals surface area contributed by atoms with Crippen molar-refractivity contribution in [2.75, 3.05) is 6.54 Å². The van der Waals surface area contributed by atoms with Crippen LogP contribution in [0.3, 0.4) is 0 Å². The largest absolute Gasteiger partial charge is 0.309 e. The summed E-state index contributed by atoms with van der Waals surface area (Å²) in [4.78, 5) is 2.65. The summed E-state index contributed by atoms with van der Waals surface area (Å²) in [5, 5.41) is 3.40. The Morgan fingerprint density at radius 1 is 1.38 bits per heavy atom. The predicted molar refractivity (Wildman–Crippen MR) is 65.4 cm³/mol. The Labute approximate surface area is 98.6 Å². The average Bonchev–Trinajstić information content (AvgIpc) is 2.69. The monoisotopic (exact) mass is 228 g/mol. The first-order chi connectivity index (χ1) is 7.39. The van der Waals surface area contributed by atoms with E-state index in [9.17, 15) is 4.39 Å². The molecule has 0 aromatic heterocycles. The van der Waals surface area contributed by atoms with E-state index in [-0.39, 0.29) is 5.54 Å². The van der Waals surface area contributed by atoms with Gasteiger partial charge in [0.1, 0.15) is 6.17 Å². The maximum atomic E-state index is 12.9. The van der Waals surface area contributed by atoms with E-state index < -0.39 is 6.17 Å². The van der Waals surface area contributed by atoms with E-state index in [4.69, 9.17) is 0 Å². The summed E-state index contributed by atoms with van der Waals surface area (Å²) >= 11 is 0. The van der Waals surface area contributed by atoms with Crippen LogP contribution in [0.15, 0.2) is 0 Å². The number of hydrogen-bond donors (Lipinski definition) is 1. The number of rotatable bonds is 3. The third kappa shape index (κ3) is 2.25. The van der Waals surface area contributed by atoms with Crippen molar-refractivity contribution in [3.63, 3.8) is 0 Å². The van der Waals surface area contributed by atoms with Crippen LogP contribution < -0.4 is 5.32 Å². The van der Waals surface area contributed by atoms with Gasteiger partial charge >= 0.3 is 0 Å². The lowest BCUT2D eigenvalue weighted by atomic mass is 9.95. The summed E-state index contributed by atoms with van der Waals surface area (Å²) in [5.41, 5.74) is 0.254. The molecule has 0 aromatic rings. The molecular weight excluding hydrogens is 203 g/mol. The van der Waals surface area contributed by atoms with Gasteiger partial charge in [0, 0.05) is 30.2 Å². The second kappa shape index (κ2) is 4.26. The molecule has 16 heavy (non-hydrogen) atoms. The molecule has 2 aliphatic rings. The standard InChI is InChI=1S/C13H25FN2/c1-9(14)8-15-11-7-10-5-6-12(11)16(10)13(2,3)4/h9-12,15H,5-8H2,1-4H3/t9?,10-,11?,12+/m1/s1. The van der Waals surface area contributed by atoms with Gasteiger partial charge in [-0.15, -0.1) is 0 Å². The number of hydrogen-bond acceptors (Lipinski definition) is 2. The molecule has 1 N–H and O–H groups in total. The molecule has 3 heteroatoms. The molecule has 2 saturated heterocycles. The van der Waals surface area contributed by atoms with Gasteiger partial charge in [0.05, 0.1) is 0 Å². The molecule has 0 aromatic carbocycles. The van der Waals surface area contributed by atoms with Crippen molar-refractivity contribution in [2.24, 2.45) is 0 Å². The van der Waals surface area contributed by atoms with Gasteiger partial charge in [0.25, 0.3) is 0 Å². The Bertz CT molecular complexity index is 247. The average molecular weight is 228 g/mol. The summed E-state index contributed by atoms with van der Waals surface area (Å²) in [5.74, 6) is 0. The highest BCUT2D eigenvalue weighted by molar-refractivity contribution is 5.07. The van der Waals surface area contributed by atoms with E-state index in [1.807, 2.05) is 0 Å². The minimum absolute atomic E-state index is 0.254. The van der Waals surface area contributed by atoms with Crippen molar-refractivity contribution in [3.05, 3.63) is 0 Å². The third-order valence-corrected chi connectivity index (χ3v) is 3.97. The van der Waals surface area contributed by atoms with Crippen LogP contribution in [-0.2, 0) is 0 Å². The quantitative estimate of drug-likeness (QED) is 0.797. The molecule has 94 valence electrons. The molecule has 0 amide bonds. The molecule has 2 bridgehead atoms. The number of nitrogens with one attached hydrogen (secondary N) is 1. The Morgan fingerprint density at radius 2 is 2.06 bits per heavy atom.